The largest absolute Gasteiger partial charge is 0.349 e. The molecule has 2 aliphatic heterocycles. The van der Waals surface area contributed by atoms with Crippen molar-refractivity contribution >= 4 is 17.7 Å². The van der Waals surface area contributed by atoms with Crippen molar-refractivity contribution in [2.24, 2.45) is 34.5 Å². The fraction of sp³-hybridized carbons (Fsp3) is 0.605. The number of rotatable bonds is 8. The molecule has 3 fully saturated rings. The molecule has 234 valence electrons. The van der Waals surface area contributed by atoms with Crippen LogP contribution in [0.5, 0.6) is 0 Å². The van der Waals surface area contributed by atoms with Gasteiger partial charge in [0.2, 0.25) is 0 Å². The lowest BCUT2D eigenvalue weighted by Gasteiger charge is -2.58. The van der Waals surface area contributed by atoms with E-state index in [9.17, 15) is 9.59 Å². The predicted octanol–water partition coefficient (Wildman–Crippen LogP) is 9.23. The minimum absolute atomic E-state index is 0.0821. The molecule has 2 heterocycles. The Labute approximate surface area is 266 Å². The topological polar surface area (TPSA) is 67.8 Å². The van der Waals surface area contributed by atoms with E-state index in [2.05, 4.69) is 36.8 Å². The summed E-state index contributed by atoms with van der Waals surface area (Å²) in [5.41, 5.74) is 4.67. The van der Waals surface area contributed by atoms with E-state index in [1.807, 2.05) is 34.9 Å². The molecule has 0 radical (unpaired) electrons. The van der Waals surface area contributed by atoms with Gasteiger partial charge in [-0.2, -0.15) is 4.98 Å². The van der Waals surface area contributed by atoms with Gasteiger partial charge in [0.1, 0.15) is 0 Å². The zero-order valence-electron chi connectivity index (χ0n) is 26.8. The van der Waals surface area contributed by atoms with Crippen molar-refractivity contribution in [3.63, 3.8) is 0 Å². The zero-order chi connectivity index (χ0) is 30.6. The van der Waals surface area contributed by atoms with E-state index in [0.29, 0.717) is 27.7 Å². The smallest absolute Gasteiger partial charge is 0.294 e. The number of allylic oxidation sites excluding steroid dienone is 1. The van der Waals surface area contributed by atoms with Crippen molar-refractivity contribution in [2.75, 3.05) is 0 Å². The molecule has 5 nitrogen and oxygen atoms in total. The van der Waals surface area contributed by atoms with E-state index in [1.165, 1.54) is 88.2 Å². The second-order valence-corrected chi connectivity index (χ2v) is 15.5. The molecule has 6 heteroatoms. The zero-order valence-corrected chi connectivity index (χ0v) is 27.5. The number of pyridine rings is 1. The molecule has 44 heavy (non-hydrogen) atoms. The number of H-pyrrole nitrogens is 1. The molecule has 1 N–H and O–H groups in total. The van der Waals surface area contributed by atoms with Gasteiger partial charge in [0.15, 0.2) is 5.82 Å². The fourth-order valence-electron chi connectivity index (χ4n) is 10.5. The summed E-state index contributed by atoms with van der Waals surface area (Å²) >= 11 is 6.25. The Hall–Kier alpha value is -2.66. The number of aromatic nitrogens is 3. The van der Waals surface area contributed by atoms with Crippen molar-refractivity contribution in [1.82, 2.24) is 14.5 Å². The first-order valence-electron chi connectivity index (χ1n) is 17.4. The third-order valence-corrected chi connectivity index (χ3v) is 13.1. The summed E-state index contributed by atoms with van der Waals surface area (Å²) in [5.74, 6) is 3.59. The van der Waals surface area contributed by atoms with E-state index < -0.39 is 5.69 Å². The lowest BCUT2D eigenvalue weighted by atomic mass is 9.46. The Balaban J connectivity index is 1.20. The number of nitrogens with zero attached hydrogens (tertiary/aromatic N) is 2. The van der Waals surface area contributed by atoms with Gasteiger partial charge in [-0.05, 0) is 128 Å². The number of hydrogen-bond donors (Lipinski definition) is 1. The molecular formula is C38H48ClN3O2. The highest BCUT2D eigenvalue weighted by molar-refractivity contribution is 6.30. The molecule has 0 bridgehead atoms. The van der Waals surface area contributed by atoms with Gasteiger partial charge in [0, 0.05) is 10.7 Å². The Morgan fingerprint density at radius 3 is 2.55 bits per heavy atom. The van der Waals surface area contributed by atoms with Crippen LogP contribution in [0.1, 0.15) is 115 Å². The maximum absolute atomic E-state index is 13.1. The number of halogens is 1. The number of nitrogens with one attached hydrogen (secondary N) is 1. The number of fused-ring (bicyclic) bond motifs is 7. The molecule has 0 unspecified atom stereocenters. The molecule has 0 spiro atoms. The third-order valence-electron chi connectivity index (χ3n) is 12.8. The normalized spacial score (nSPS) is 30.8. The lowest BCUT2D eigenvalue weighted by molar-refractivity contribution is -0.0478. The van der Waals surface area contributed by atoms with Crippen molar-refractivity contribution < 1.29 is 0 Å². The van der Waals surface area contributed by atoms with Crippen LogP contribution in [0.3, 0.4) is 0 Å². The van der Waals surface area contributed by atoms with E-state index in [1.54, 1.807) is 0 Å². The van der Waals surface area contributed by atoms with E-state index in [4.69, 9.17) is 11.6 Å². The first-order chi connectivity index (χ1) is 21.2. The predicted molar refractivity (Wildman–Crippen MR) is 180 cm³/mol. The molecule has 1 aromatic carbocycles. The highest BCUT2D eigenvalue weighted by atomic mass is 35.5. The van der Waals surface area contributed by atoms with E-state index in [0.717, 1.165) is 42.0 Å². The molecule has 1 aromatic rings. The van der Waals surface area contributed by atoms with Crippen LogP contribution in [0, 0.1) is 34.5 Å². The lowest BCUT2D eigenvalue weighted by Crippen LogP contribution is -2.51. The summed E-state index contributed by atoms with van der Waals surface area (Å²) in [6.07, 6.45) is 21.0. The minimum Gasteiger partial charge on any atom is -0.294 e. The number of aromatic amines is 1. The number of benzene rings is 1. The molecule has 0 saturated heterocycles. The molecule has 0 aromatic heterocycles. The maximum Gasteiger partial charge on any atom is 0.349 e. The Bertz CT molecular complexity index is 1650. The molecular weight excluding hydrogens is 566 g/mol. The molecule has 4 aliphatic carbocycles. The monoisotopic (exact) mass is 613 g/mol. The summed E-state index contributed by atoms with van der Waals surface area (Å²) in [6.45, 7) is 7.48. The van der Waals surface area contributed by atoms with Crippen molar-refractivity contribution in [1.29, 1.82) is 0 Å². The van der Waals surface area contributed by atoms with Crippen LogP contribution in [-0.2, 0) is 6.42 Å². The molecule has 7 rings (SSSR count). The average molecular weight is 614 g/mol. The van der Waals surface area contributed by atoms with Gasteiger partial charge in [-0.1, -0.05) is 76.5 Å². The van der Waals surface area contributed by atoms with Gasteiger partial charge in [-0.25, -0.2) is 4.79 Å². The quantitative estimate of drug-likeness (QED) is 0.257. The standard InChI is InChI=1S/C38H48ClN3O2/c1-4-5-6-7-8-9-10-25-12-18-31-29-17-11-26-22-33-24(23-38(26,3)32(29)19-20-37(25,31)2)21-30-34(40-36(44)41-35(30)43)42(33)28-15-13-27(39)14-16-28/h13-16,21-22,25,29,31-32H,4-12,17-20,23H2,1-3H3,(H,41,43,44)/t25-,29-,31-,32-,37+,38-/m0/s1. The van der Waals surface area contributed by atoms with Gasteiger partial charge in [0.05, 0.1) is 11.3 Å². The average Bonchev–Trinajstić information content (AvgIpc) is 3.33. The van der Waals surface area contributed by atoms with Gasteiger partial charge < -0.3 is 0 Å². The van der Waals surface area contributed by atoms with Crippen molar-refractivity contribution in [2.45, 2.75) is 111 Å². The first-order valence-corrected chi connectivity index (χ1v) is 17.8. The van der Waals surface area contributed by atoms with Crippen molar-refractivity contribution in [3.05, 3.63) is 73.0 Å². The SMILES string of the molecule is CCCCCCCC[C@H]1CC[C@H]2[C@@H]3CCC4=Cc5c(cc6c(=O)[nH]c(=O)nc-6n5-c5ccc(Cl)cc5)C[C@]4(C)[C@H]3CC[C@]12C. The Morgan fingerprint density at radius 2 is 1.75 bits per heavy atom. The summed E-state index contributed by atoms with van der Waals surface area (Å²) in [7, 11) is 0. The summed E-state index contributed by atoms with van der Waals surface area (Å²) in [4.78, 5) is 32.2. The Kier molecular flexibility index (Phi) is 7.92. The number of unbranched alkanes of at least 4 members (excludes halogenated alkanes) is 5. The van der Waals surface area contributed by atoms with Crippen LogP contribution >= 0.6 is 11.6 Å². The fourth-order valence-corrected chi connectivity index (χ4v) is 10.7. The summed E-state index contributed by atoms with van der Waals surface area (Å²) in [5, 5.41) is 0.647. The molecule has 0 amide bonds. The first kappa shape index (κ1) is 30.0. The van der Waals surface area contributed by atoms with Crippen LogP contribution < -0.4 is 11.2 Å². The maximum atomic E-state index is 13.1. The van der Waals surface area contributed by atoms with E-state index in [-0.39, 0.29) is 11.0 Å². The van der Waals surface area contributed by atoms with Crippen LogP contribution in [-0.4, -0.2) is 14.5 Å². The summed E-state index contributed by atoms with van der Waals surface area (Å²) in [6, 6.07) is 9.62. The van der Waals surface area contributed by atoms with Gasteiger partial charge >= 0.3 is 5.69 Å². The Morgan fingerprint density at radius 1 is 0.977 bits per heavy atom. The highest BCUT2D eigenvalue weighted by Gasteiger charge is 2.58. The second kappa shape index (κ2) is 11.6. The minimum atomic E-state index is -0.615. The van der Waals surface area contributed by atoms with E-state index >= 15 is 0 Å². The molecule has 6 atom stereocenters. The second-order valence-electron chi connectivity index (χ2n) is 15.0. The van der Waals surface area contributed by atoms with Crippen LogP contribution in [0.4, 0.5) is 0 Å². The van der Waals surface area contributed by atoms with Gasteiger partial charge in [-0.3, -0.25) is 14.3 Å². The molecule has 3 saturated carbocycles. The van der Waals surface area contributed by atoms with Gasteiger partial charge in [-0.15, -0.1) is 0 Å². The van der Waals surface area contributed by atoms with Crippen LogP contribution in [0.15, 0.2) is 45.5 Å². The van der Waals surface area contributed by atoms with Crippen LogP contribution in [0.25, 0.3) is 23.2 Å². The summed E-state index contributed by atoms with van der Waals surface area (Å²) < 4.78 is 2.01. The van der Waals surface area contributed by atoms with Crippen molar-refractivity contribution in [3.8, 4) is 17.1 Å². The number of hydrogen-bond acceptors (Lipinski definition) is 3. The van der Waals surface area contributed by atoms with Gasteiger partial charge in [0.25, 0.3) is 5.56 Å². The highest BCUT2D eigenvalue weighted by Crippen LogP contribution is 2.67. The van der Waals surface area contributed by atoms with Crippen LogP contribution in [0.2, 0.25) is 5.02 Å². The molecule has 6 aliphatic rings. The third kappa shape index (κ3) is 4.93.